The van der Waals surface area contributed by atoms with Crippen molar-refractivity contribution in [2.45, 2.75) is 27.2 Å². The van der Waals surface area contributed by atoms with Gasteiger partial charge in [0.25, 0.3) is 5.76 Å². The van der Waals surface area contributed by atoms with Crippen LogP contribution in [0, 0.1) is 0 Å². The predicted octanol–water partition coefficient (Wildman–Crippen LogP) is 5.86. The summed E-state index contributed by atoms with van der Waals surface area (Å²) in [4.78, 5) is 0.509. The van der Waals surface area contributed by atoms with E-state index in [-0.39, 0.29) is 0 Å². The molecule has 0 saturated carbocycles. The van der Waals surface area contributed by atoms with Crippen molar-refractivity contribution >= 4 is 45.7 Å². The Balaban J connectivity index is 1.28. The van der Waals surface area contributed by atoms with Crippen molar-refractivity contribution in [1.82, 2.24) is 20.4 Å². The van der Waals surface area contributed by atoms with Gasteiger partial charge in [-0.1, -0.05) is 65.2 Å². The molecule has 0 atom stereocenters. The summed E-state index contributed by atoms with van der Waals surface area (Å²) in [6, 6.07) is 16.7. The van der Waals surface area contributed by atoms with Crippen LogP contribution in [0.1, 0.15) is 17.3 Å². The fraction of sp³-hybridized carbons (Fsp3) is 0.158. The highest BCUT2D eigenvalue weighted by Crippen LogP contribution is 2.31. The molecule has 0 saturated heterocycles. The van der Waals surface area contributed by atoms with Gasteiger partial charge < -0.3 is 9.73 Å². The van der Waals surface area contributed by atoms with Gasteiger partial charge in [0.05, 0.1) is 12.2 Å². The fourth-order valence-electron chi connectivity index (χ4n) is 2.47. The Morgan fingerprint density at radius 1 is 0.933 bits per heavy atom. The minimum atomic E-state index is -2.43. The third-order valence-corrected chi connectivity index (χ3v) is 6.44. The van der Waals surface area contributed by atoms with E-state index in [1.807, 2.05) is 30.3 Å². The SMILES string of the molecule is FC(F)Sc1ccc(Nc2nnc(SCc3nnc(Cc4ccccc4)o3)s2)cc1. The molecule has 30 heavy (non-hydrogen) atoms. The minimum absolute atomic E-state index is 0.496. The van der Waals surface area contributed by atoms with Crippen molar-refractivity contribution in [1.29, 1.82) is 0 Å². The lowest BCUT2D eigenvalue weighted by atomic mass is 10.2. The second kappa shape index (κ2) is 10.0. The maximum Gasteiger partial charge on any atom is 0.288 e. The smallest absolute Gasteiger partial charge is 0.288 e. The Morgan fingerprint density at radius 3 is 2.47 bits per heavy atom. The molecule has 0 bridgehead atoms. The molecule has 6 nitrogen and oxygen atoms in total. The second-order valence-electron chi connectivity index (χ2n) is 5.94. The molecule has 2 heterocycles. The van der Waals surface area contributed by atoms with Crippen molar-refractivity contribution in [3.63, 3.8) is 0 Å². The quantitative estimate of drug-likeness (QED) is 0.309. The summed E-state index contributed by atoms with van der Waals surface area (Å²) in [6.45, 7) is 0. The van der Waals surface area contributed by atoms with Crippen LogP contribution in [0.3, 0.4) is 0 Å². The van der Waals surface area contributed by atoms with Gasteiger partial charge in [0.15, 0.2) is 4.34 Å². The van der Waals surface area contributed by atoms with Crippen molar-refractivity contribution in [3.05, 3.63) is 71.9 Å². The number of hydrogen-bond acceptors (Lipinski definition) is 9. The first-order chi connectivity index (χ1) is 14.6. The van der Waals surface area contributed by atoms with Crippen LogP contribution < -0.4 is 5.32 Å². The van der Waals surface area contributed by atoms with E-state index in [4.69, 9.17) is 4.42 Å². The zero-order valence-electron chi connectivity index (χ0n) is 15.4. The summed E-state index contributed by atoms with van der Waals surface area (Å²) >= 11 is 3.36. The van der Waals surface area contributed by atoms with E-state index in [0.717, 1.165) is 15.6 Å². The van der Waals surface area contributed by atoms with E-state index in [2.05, 4.69) is 25.7 Å². The molecule has 0 aliphatic heterocycles. The van der Waals surface area contributed by atoms with E-state index in [9.17, 15) is 8.78 Å². The fourth-order valence-corrected chi connectivity index (χ4v) is 4.58. The van der Waals surface area contributed by atoms with Gasteiger partial charge in [-0.05, 0) is 29.8 Å². The Labute approximate surface area is 183 Å². The lowest BCUT2D eigenvalue weighted by Crippen LogP contribution is -1.89. The first-order valence-electron chi connectivity index (χ1n) is 8.77. The standard InChI is InChI=1S/C19H15F2N5OS3/c20-17(21)29-14-8-6-13(7-9-14)22-18-25-26-19(30-18)28-11-16-24-23-15(27-16)10-12-4-2-1-3-5-12/h1-9,17H,10-11H2,(H,22,25). The number of anilines is 2. The summed E-state index contributed by atoms with van der Waals surface area (Å²) in [5.41, 5.74) is 1.87. The van der Waals surface area contributed by atoms with Gasteiger partial charge in [0.2, 0.25) is 16.9 Å². The van der Waals surface area contributed by atoms with Gasteiger partial charge in [0.1, 0.15) is 0 Å². The van der Waals surface area contributed by atoms with E-state index >= 15 is 0 Å². The van der Waals surface area contributed by atoms with Crippen LogP contribution in [0.15, 0.2) is 68.2 Å². The number of alkyl halides is 2. The van der Waals surface area contributed by atoms with E-state index in [1.165, 1.54) is 23.1 Å². The number of benzene rings is 2. The van der Waals surface area contributed by atoms with Crippen molar-refractivity contribution < 1.29 is 13.2 Å². The topological polar surface area (TPSA) is 76.7 Å². The van der Waals surface area contributed by atoms with Crippen LogP contribution in [-0.4, -0.2) is 26.2 Å². The third-order valence-electron chi connectivity index (χ3n) is 3.76. The van der Waals surface area contributed by atoms with Crippen LogP contribution in [0.5, 0.6) is 0 Å². The number of nitrogens with one attached hydrogen (secondary N) is 1. The Kier molecular flexibility index (Phi) is 6.92. The molecule has 154 valence electrons. The first-order valence-corrected chi connectivity index (χ1v) is 11.5. The molecule has 4 aromatic rings. The number of aromatic nitrogens is 4. The highest BCUT2D eigenvalue weighted by molar-refractivity contribution is 8.00. The highest BCUT2D eigenvalue weighted by atomic mass is 32.2. The normalized spacial score (nSPS) is 11.2. The summed E-state index contributed by atoms with van der Waals surface area (Å²) in [5.74, 6) is -0.830. The van der Waals surface area contributed by atoms with Gasteiger partial charge >= 0.3 is 0 Å². The predicted molar refractivity (Wildman–Crippen MR) is 115 cm³/mol. The largest absolute Gasteiger partial charge is 0.424 e. The molecule has 0 fully saturated rings. The summed E-state index contributed by atoms with van der Waals surface area (Å²) < 4.78 is 31.2. The van der Waals surface area contributed by atoms with Crippen LogP contribution in [0.25, 0.3) is 0 Å². The lowest BCUT2D eigenvalue weighted by Gasteiger charge is -2.03. The molecule has 1 N–H and O–H groups in total. The van der Waals surface area contributed by atoms with Crippen molar-refractivity contribution in [2.24, 2.45) is 0 Å². The molecule has 4 rings (SSSR count). The van der Waals surface area contributed by atoms with E-state index in [1.54, 1.807) is 24.3 Å². The number of rotatable bonds is 9. The second-order valence-corrected chi connectivity index (χ2v) is 9.21. The van der Waals surface area contributed by atoms with Gasteiger partial charge in [-0.2, -0.15) is 8.78 Å². The third kappa shape index (κ3) is 6.00. The van der Waals surface area contributed by atoms with Crippen LogP contribution in [-0.2, 0) is 12.2 Å². The minimum Gasteiger partial charge on any atom is -0.424 e. The zero-order chi connectivity index (χ0) is 20.8. The molecular weight excluding hydrogens is 448 g/mol. The van der Waals surface area contributed by atoms with Gasteiger partial charge in [-0.25, -0.2) is 0 Å². The van der Waals surface area contributed by atoms with E-state index < -0.39 is 5.76 Å². The Hall–Kier alpha value is -2.50. The number of thioether (sulfide) groups is 2. The summed E-state index contributed by atoms with van der Waals surface area (Å²) in [6.07, 6.45) is 0.597. The molecule has 2 aromatic carbocycles. The maximum absolute atomic E-state index is 12.4. The van der Waals surface area contributed by atoms with Gasteiger partial charge in [0, 0.05) is 10.6 Å². The van der Waals surface area contributed by atoms with Gasteiger partial charge in [-0.3, -0.25) is 0 Å². The maximum atomic E-state index is 12.4. The van der Waals surface area contributed by atoms with Gasteiger partial charge in [-0.15, -0.1) is 20.4 Å². The number of nitrogens with zero attached hydrogens (tertiary/aromatic N) is 4. The Morgan fingerprint density at radius 2 is 1.70 bits per heavy atom. The van der Waals surface area contributed by atoms with Crippen LogP contribution in [0.2, 0.25) is 0 Å². The molecule has 11 heteroatoms. The molecule has 2 aromatic heterocycles. The highest BCUT2D eigenvalue weighted by Gasteiger charge is 2.11. The molecule has 0 aliphatic rings. The van der Waals surface area contributed by atoms with Crippen molar-refractivity contribution in [2.75, 3.05) is 5.32 Å². The average Bonchev–Trinajstić information content (AvgIpc) is 3.37. The first kappa shape index (κ1) is 20.8. The number of hydrogen-bond donors (Lipinski definition) is 1. The monoisotopic (exact) mass is 463 g/mol. The lowest BCUT2D eigenvalue weighted by molar-refractivity contribution is 0.252. The van der Waals surface area contributed by atoms with Crippen LogP contribution in [0.4, 0.5) is 19.6 Å². The van der Waals surface area contributed by atoms with Crippen molar-refractivity contribution in [3.8, 4) is 0 Å². The number of halogens is 2. The Bertz CT molecular complexity index is 1070. The van der Waals surface area contributed by atoms with E-state index in [0.29, 0.717) is 45.7 Å². The zero-order valence-corrected chi connectivity index (χ0v) is 17.8. The molecule has 0 spiro atoms. The average molecular weight is 464 g/mol. The molecular formula is C19H15F2N5OS3. The molecule has 0 radical (unpaired) electrons. The molecule has 0 unspecified atom stereocenters. The summed E-state index contributed by atoms with van der Waals surface area (Å²) in [7, 11) is 0. The summed E-state index contributed by atoms with van der Waals surface area (Å²) in [5, 5.41) is 20.1. The molecule has 0 amide bonds. The van der Waals surface area contributed by atoms with Crippen LogP contribution >= 0.6 is 34.9 Å². The molecule has 0 aliphatic carbocycles.